The predicted octanol–water partition coefficient (Wildman–Crippen LogP) is 4.54. The lowest BCUT2D eigenvalue weighted by molar-refractivity contribution is -0.137. The Kier molecular flexibility index (Phi) is 6.52. The third kappa shape index (κ3) is 4.79. The highest BCUT2D eigenvalue weighted by molar-refractivity contribution is 7.89. The van der Waals surface area contributed by atoms with Gasteiger partial charge in [0.1, 0.15) is 12.0 Å². The van der Waals surface area contributed by atoms with E-state index in [9.17, 15) is 13.2 Å². The van der Waals surface area contributed by atoms with Gasteiger partial charge in [-0.2, -0.15) is 0 Å². The summed E-state index contributed by atoms with van der Waals surface area (Å²) in [4.78, 5) is 19.6. The zero-order valence-electron chi connectivity index (χ0n) is 19.0. The van der Waals surface area contributed by atoms with Crippen LogP contribution in [0.1, 0.15) is 50.1 Å². The molecule has 0 bridgehead atoms. The molecule has 2 fully saturated rings. The first-order valence-electron chi connectivity index (χ1n) is 11.9. The molecule has 2 heterocycles. The van der Waals surface area contributed by atoms with E-state index in [0.717, 1.165) is 24.9 Å². The lowest BCUT2D eigenvalue weighted by Crippen LogP contribution is -2.42. The minimum Gasteiger partial charge on any atom is -0.451 e. The number of sulfonamides is 1. The van der Waals surface area contributed by atoms with Crippen molar-refractivity contribution < 1.29 is 17.6 Å². The molecular weight excluding hydrogens is 450 g/mol. The molecule has 0 radical (unpaired) electrons. The van der Waals surface area contributed by atoms with Gasteiger partial charge >= 0.3 is 0 Å². The molecule has 8 heteroatoms. The number of benzene rings is 2. The first-order valence-corrected chi connectivity index (χ1v) is 13.4. The summed E-state index contributed by atoms with van der Waals surface area (Å²) >= 11 is 0. The average Bonchev–Trinajstić information content (AvgIpc) is 3.57. The zero-order chi connectivity index (χ0) is 23.5. The van der Waals surface area contributed by atoms with Crippen molar-refractivity contribution in [2.45, 2.75) is 55.5 Å². The van der Waals surface area contributed by atoms with E-state index in [2.05, 4.69) is 21.8 Å². The molecule has 0 unspecified atom stereocenters. The molecule has 1 aliphatic carbocycles. The molecular formula is C26H29N3O4S. The standard InChI is InChI=1S/C26H29N3O4S/c30-26(29-16-4-7-25(29)20-5-2-1-3-6-20)21-8-12-22(13-9-21)28-34(31,32)23-14-10-19(11-15-23)24-17-33-18-27-24/h1-3,5-6,10-11,14-15,17-18,21-22,25,28H,4,7-9,12-13,16H2/t21?,22?,25-/m1/s1. The molecule has 0 spiro atoms. The maximum absolute atomic E-state index is 13.3. The van der Waals surface area contributed by atoms with Crippen molar-refractivity contribution in [3.8, 4) is 11.3 Å². The van der Waals surface area contributed by atoms with E-state index in [1.54, 1.807) is 24.3 Å². The highest BCUT2D eigenvalue weighted by Crippen LogP contribution is 2.36. The number of hydrogen-bond donors (Lipinski definition) is 1. The quantitative estimate of drug-likeness (QED) is 0.560. The molecule has 178 valence electrons. The molecule has 1 atom stereocenters. The van der Waals surface area contributed by atoms with Gasteiger partial charge in [0.25, 0.3) is 0 Å². The Morgan fingerprint density at radius 1 is 0.971 bits per heavy atom. The average molecular weight is 480 g/mol. The van der Waals surface area contributed by atoms with Gasteiger partial charge in [0.15, 0.2) is 6.39 Å². The highest BCUT2D eigenvalue weighted by Gasteiger charge is 2.36. The maximum Gasteiger partial charge on any atom is 0.240 e. The SMILES string of the molecule is O=C(C1CCC(NS(=O)(=O)c2ccc(-c3cocn3)cc2)CC1)N1CCC[C@@H]1c1ccccc1. The lowest BCUT2D eigenvalue weighted by Gasteiger charge is -2.33. The van der Waals surface area contributed by atoms with Crippen LogP contribution in [0.5, 0.6) is 0 Å². The largest absolute Gasteiger partial charge is 0.451 e. The summed E-state index contributed by atoms with van der Waals surface area (Å²) in [6.45, 7) is 0.801. The predicted molar refractivity (Wildman–Crippen MR) is 128 cm³/mol. The summed E-state index contributed by atoms with van der Waals surface area (Å²) in [6, 6.07) is 16.8. The van der Waals surface area contributed by atoms with Crippen molar-refractivity contribution in [2.24, 2.45) is 5.92 Å². The van der Waals surface area contributed by atoms with Crippen LogP contribution < -0.4 is 4.72 Å². The Balaban J connectivity index is 1.18. The number of amides is 1. The topological polar surface area (TPSA) is 92.5 Å². The number of carbonyl (C=O) groups excluding carboxylic acids is 1. The van der Waals surface area contributed by atoms with Gasteiger partial charge < -0.3 is 9.32 Å². The van der Waals surface area contributed by atoms with Crippen LogP contribution in [0.2, 0.25) is 0 Å². The van der Waals surface area contributed by atoms with Crippen LogP contribution in [0.25, 0.3) is 11.3 Å². The van der Waals surface area contributed by atoms with Crippen molar-refractivity contribution in [1.29, 1.82) is 0 Å². The van der Waals surface area contributed by atoms with E-state index in [1.807, 2.05) is 23.1 Å². The number of likely N-dealkylation sites (tertiary alicyclic amines) is 1. The second-order valence-corrected chi connectivity index (χ2v) is 10.9. The third-order valence-electron chi connectivity index (χ3n) is 7.01. The van der Waals surface area contributed by atoms with E-state index in [0.29, 0.717) is 31.4 Å². The summed E-state index contributed by atoms with van der Waals surface area (Å²) in [6.07, 6.45) is 7.62. The third-order valence-corrected chi connectivity index (χ3v) is 8.55. The van der Waals surface area contributed by atoms with Gasteiger partial charge in [0, 0.05) is 24.1 Å². The van der Waals surface area contributed by atoms with Crippen LogP contribution in [-0.4, -0.2) is 36.8 Å². The van der Waals surface area contributed by atoms with Gasteiger partial charge in [-0.1, -0.05) is 42.5 Å². The van der Waals surface area contributed by atoms with Crippen LogP contribution in [0.3, 0.4) is 0 Å². The zero-order valence-corrected chi connectivity index (χ0v) is 19.8. The van der Waals surface area contributed by atoms with Crippen LogP contribution in [0.15, 0.2) is 76.6 Å². The normalized spacial score (nSPS) is 23.2. The van der Waals surface area contributed by atoms with Gasteiger partial charge in [0.2, 0.25) is 15.9 Å². The summed E-state index contributed by atoms with van der Waals surface area (Å²) in [7, 11) is -3.63. The molecule has 2 aromatic carbocycles. The van der Waals surface area contributed by atoms with Crippen LogP contribution in [0.4, 0.5) is 0 Å². The molecule has 5 rings (SSSR count). The number of aromatic nitrogens is 1. The van der Waals surface area contributed by atoms with E-state index >= 15 is 0 Å². The van der Waals surface area contributed by atoms with Gasteiger partial charge in [-0.05, 0) is 56.2 Å². The Morgan fingerprint density at radius 3 is 2.38 bits per heavy atom. The minimum absolute atomic E-state index is 0.0354. The van der Waals surface area contributed by atoms with Gasteiger partial charge in [-0.25, -0.2) is 18.1 Å². The molecule has 1 saturated carbocycles. The van der Waals surface area contributed by atoms with E-state index < -0.39 is 10.0 Å². The fourth-order valence-corrected chi connectivity index (χ4v) is 6.50. The maximum atomic E-state index is 13.3. The van der Waals surface area contributed by atoms with Gasteiger partial charge in [-0.3, -0.25) is 4.79 Å². The second kappa shape index (κ2) is 9.72. The number of carbonyl (C=O) groups is 1. The Hall–Kier alpha value is -2.97. The second-order valence-electron chi connectivity index (χ2n) is 9.17. The number of nitrogens with zero attached hydrogens (tertiary/aromatic N) is 2. The Labute approximate surface area is 200 Å². The Morgan fingerprint density at radius 2 is 1.71 bits per heavy atom. The lowest BCUT2D eigenvalue weighted by atomic mass is 9.85. The van der Waals surface area contributed by atoms with Crippen molar-refractivity contribution in [2.75, 3.05) is 6.54 Å². The van der Waals surface area contributed by atoms with E-state index in [4.69, 9.17) is 4.42 Å². The summed E-state index contributed by atoms with van der Waals surface area (Å²) < 4.78 is 33.6. The molecule has 1 N–H and O–H groups in total. The minimum atomic E-state index is -3.63. The smallest absolute Gasteiger partial charge is 0.240 e. The van der Waals surface area contributed by atoms with E-state index in [1.165, 1.54) is 18.2 Å². The molecule has 1 amide bonds. The van der Waals surface area contributed by atoms with Crippen LogP contribution >= 0.6 is 0 Å². The first kappa shape index (κ1) is 22.8. The summed E-state index contributed by atoms with van der Waals surface area (Å²) in [5.74, 6) is 0.183. The number of hydrogen-bond acceptors (Lipinski definition) is 5. The van der Waals surface area contributed by atoms with Gasteiger partial charge in [-0.15, -0.1) is 0 Å². The first-order chi connectivity index (χ1) is 16.5. The molecule has 2 aliphatic rings. The van der Waals surface area contributed by atoms with Crippen LogP contribution in [0, 0.1) is 5.92 Å². The van der Waals surface area contributed by atoms with Gasteiger partial charge in [0.05, 0.1) is 10.9 Å². The molecule has 34 heavy (non-hydrogen) atoms. The van der Waals surface area contributed by atoms with Crippen molar-refractivity contribution in [1.82, 2.24) is 14.6 Å². The Bertz CT molecular complexity index is 1200. The molecule has 1 aliphatic heterocycles. The number of nitrogens with one attached hydrogen (secondary N) is 1. The summed E-state index contributed by atoms with van der Waals surface area (Å²) in [5, 5.41) is 0. The molecule has 1 saturated heterocycles. The van der Waals surface area contributed by atoms with Crippen molar-refractivity contribution >= 4 is 15.9 Å². The molecule has 3 aromatic rings. The van der Waals surface area contributed by atoms with Crippen LogP contribution in [-0.2, 0) is 14.8 Å². The molecule has 7 nitrogen and oxygen atoms in total. The monoisotopic (exact) mass is 479 g/mol. The highest BCUT2D eigenvalue weighted by atomic mass is 32.2. The fraction of sp³-hybridized carbons (Fsp3) is 0.385. The summed E-state index contributed by atoms with van der Waals surface area (Å²) in [5.41, 5.74) is 2.65. The number of oxazole rings is 1. The number of rotatable bonds is 6. The fourth-order valence-electron chi connectivity index (χ4n) is 5.19. The molecule has 1 aromatic heterocycles. The van der Waals surface area contributed by atoms with Crippen molar-refractivity contribution in [3.05, 3.63) is 72.8 Å². The van der Waals surface area contributed by atoms with E-state index in [-0.39, 0.29) is 28.8 Å². The van der Waals surface area contributed by atoms with Crippen molar-refractivity contribution in [3.63, 3.8) is 0 Å².